The van der Waals surface area contributed by atoms with Gasteiger partial charge in [0.25, 0.3) is 0 Å². The third kappa shape index (κ3) is 3.80. The first kappa shape index (κ1) is 17.0. The second kappa shape index (κ2) is 7.82. The molecule has 0 spiro atoms. The largest absolute Gasteiger partial charge is 0.341 e. The number of rotatable bonds is 5. The van der Waals surface area contributed by atoms with Crippen LogP contribution in [0, 0.1) is 11.8 Å². The minimum Gasteiger partial charge on any atom is -0.341 e. The van der Waals surface area contributed by atoms with E-state index in [1.54, 1.807) is 0 Å². The summed E-state index contributed by atoms with van der Waals surface area (Å²) in [6.07, 6.45) is 6.81. The van der Waals surface area contributed by atoms with Crippen molar-refractivity contribution in [1.82, 2.24) is 10.2 Å². The van der Waals surface area contributed by atoms with Crippen LogP contribution in [0.15, 0.2) is 30.3 Å². The second-order valence-electron chi connectivity index (χ2n) is 7.22. The van der Waals surface area contributed by atoms with Crippen LogP contribution >= 0.6 is 0 Å². The summed E-state index contributed by atoms with van der Waals surface area (Å²) in [6, 6.07) is 9.08. The summed E-state index contributed by atoms with van der Waals surface area (Å²) in [7, 11) is 0. The smallest absolute Gasteiger partial charge is 0.249 e. The lowest BCUT2D eigenvalue weighted by molar-refractivity contribution is -0.137. The van der Waals surface area contributed by atoms with Gasteiger partial charge < -0.3 is 10.2 Å². The van der Waals surface area contributed by atoms with E-state index in [-0.39, 0.29) is 17.7 Å². The van der Waals surface area contributed by atoms with Gasteiger partial charge in [0, 0.05) is 19.0 Å². The third-order valence-corrected chi connectivity index (χ3v) is 5.60. The van der Waals surface area contributed by atoms with E-state index in [2.05, 4.69) is 5.32 Å². The van der Waals surface area contributed by atoms with Crippen molar-refractivity contribution in [3.63, 3.8) is 0 Å². The van der Waals surface area contributed by atoms with Gasteiger partial charge in [-0.05, 0) is 37.2 Å². The second-order valence-corrected chi connectivity index (χ2v) is 7.22. The lowest BCUT2D eigenvalue weighted by Gasteiger charge is -2.27. The molecule has 1 aromatic rings. The van der Waals surface area contributed by atoms with Crippen molar-refractivity contribution in [1.29, 1.82) is 0 Å². The first-order valence-electron chi connectivity index (χ1n) is 9.31. The summed E-state index contributed by atoms with van der Waals surface area (Å²) in [5.41, 5.74) is 0.876. The summed E-state index contributed by atoms with van der Waals surface area (Å²) in [6.45, 7) is 3.61. The molecule has 1 aliphatic heterocycles. The number of hydrogen-bond acceptors (Lipinski definition) is 2. The molecule has 4 heteroatoms. The summed E-state index contributed by atoms with van der Waals surface area (Å²) >= 11 is 0. The molecule has 1 aromatic carbocycles. The highest BCUT2D eigenvalue weighted by Crippen LogP contribution is 2.32. The normalized spacial score (nSPS) is 20.8. The van der Waals surface area contributed by atoms with Crippen LogP contribution < -0.4 is 5.32 Å². The molecule has 0 radical (unpaired) electrons. The lowest BCUT2D eigenvalue weighted by Crippen LogP contribution is -2.44. The Labute approximate surface area is 144 Å². The van der Waals surface area contributed by atoms with Gasteiger partial charge in [-0.1, -0.05) is 50.1 Å². The molecule has 1 saturated carbocycles. The van der Waals surface area contributed by atoms with Crippen LogP contribution in [0.2, 0.25) is 0 Å². The summed E-state index contributed by atoms with van der Waals surface area (Å²) in [5, 5.41) is 3.06. The van der Waals surface area contributed by atoms with Gasteiger partial charge in [-0.25, -0.2) is 0 Å². The molecule has 0 aromatic heterocycles. The average molecular weight is 328 g/mol. The highest BCUT2D eigenvalue weighted by atomic mass is 16.2. The number of amides is 2. The van der Waals surface area contributed by atoms with Crippen molar-refractivity contribution in [3.8, 4) is 0 Å². The molecule has 4 nitrogen and oxygen atoms in total. The maximum absolute atomic E-state index is 12.9. The first-order valence-corrected chi connectivity index (χ1v) is 9.31. The van der Waals surface area contributed by atoms with Gasteiger partial charge >= 0.3 is 0 Å². The van der Waals surface area contributed by atoms with Gasteiger partial charge in [0.05, 0.1) is 0 Å². The molecule has 1 saturated heterocycles. The molecular formula is C20H28N2O2. The Bertz CT molecular complexity index is 560. The zero-order valence-electron chi connectivity index (χ0n) is 14.5. The minimum absolute atomic E-state index is 0.0169. The molecule has 1 unspecified atom stereocenters. The van der Waals surface area contributed by atoms with Crippen molar-refractivity contribution in [2.24, 2.45) is 11.8 Å². The number of nitrogens with one attached hydrogen (secondary N) is 1. The molecule has 0 bridgehead atoms. The number of carbonyl (C=O) groups is 2. The van der Waals surface area contributed by atoms with Crippen molar-refractivity contribution in [2.45, 2.75) is 51.5 Å². The fourth-order valence-corrected chi connectivity index (χ4v) is 4.00. The summed E-state index contributed by atoms with van der Waals surface area (Å²) in [5.74, 6) is 0.488. The van der Waals surface area contributed by atoms with E-state index < -0.39 is 6.04 Å². The molecule has 2 aliphatic rings. The van der Waals surface area contributed by atoms with Crippen molar-refractivity contribution in [3.05, 3.63) is 35.9 Å². The lowest BCUT2D eigenvalue weighted by atomic mass is 9.91. The molecule has 2 atom stereocenters. The third-order valence-electron chi connectivity index (χ3n) is 5.60. The van der Waals surface area contributed by atoms with Gasteiger partial charge in [-0.15, -0.1) is 0 Å². The number of carbonyl (C=O) groups excluding carboxylic acids is 2. The Morgan fingerprint density at radius 1 is 1.04 bits per heavy atom. The molecule has 24 heavy (non-hydrogen) atoms. The fraction of sp³-hybridized carbons (Fsp3) is 0.600. The highest BCUT2D eigenvalue weighted by Gasteiger charge is 2.32. The maximum atomic E-state index is 12.9. The molecule has 3 rings (SSSR count). The Kier molecular flexibility index (Phi) is 5.54. The molecule has 130 valence electrons. The summed E-state index contributed by atoms with van der Waals surface area (Å²) < 4.78 is 0. The molecule has 1 heterocycles. The Morgan fingerprint density at radius 3 is 2.29 bits per heavy atom. The Morgan fingerprint density at radius 2 is 1.67 bits per heavy atom. The van der Waals surface area contributed by atoms with Crippen LogP contribution in [0.1, 0.15) is 57.1 Å². The van der Waals surface area contributed by atoms with Crippen LogP contribution in [-0.4, -0.2) is 29.8 Å². The predicted octanol–water partition coefficient (Wildman–Crippen LogP) is 3.29. The molecule has 1 aliphatic carbocycles. The van der Waals surface area contributed by atoms with E-state index in [1.807, 2.05) is 42.2 Å². The van der Waals surface area contributed by atoms with E-state index in [1.165, 1.54) is 12.8 Å². The average Bonchev–Trinajstić information content (AvgIpc) is 3.32. The van der Waals surface area contributed by atoms with Crippen molar-refractivity contribution in [2.75, 3.05) is 13.1 Å². The number of nitrogens with zero attached hydrogens (tertiary/aromatic N) is 1. The van der Waals surface area contributed by atoms with Crippen LogP contribution in [-0.2, 0) is 9.59 Å². The van der Waals surface area contributed by atoms with Gasteiger partial charge in [0.15, 0.2) is 0 Å². The summed E-state index contributed by atoms with van der Waals surface area (Å²) in [4.78, 5) is 27.6. The van der Waals surface area contributed by atoms with Crippen LogP contribution in [0.3, 0.4) is 0 Å². The van der Waals surface area contributed by atoms with E-state index in [0.717, 1.165) is 44.3 Å². The molecule has 2 amide bonds. The number of likely N-dealkylation sites (tertiary alicyclic amines) is 1. The van der Waals surface area contributed by atoms with Crippen LogP contribution in [0.5, 0.6) is 0 Å². The molecular weight excluding hydrogens is 300 g/mol. The minimum atomic E-state index is -0.555. The van der Waals surface area contributed by atoms with Crippen molar-refractivity contribution < 1.29 is 9.59 Å². The first-order chi connectivity index (χ1) is 11.7. The number of benzene rings is 1. The maximum Gasteiger partial charge on any atom is 0.249 e. The highest BCUT2D eigenvalue weighted by molar-refractivity contribution is 5.89. The Balaban J connectivity index is 1.74. The van der Waals surface area contributed by atoms with Gasteiger partial charge in [0.2, 0.25) is 11.8 Å². The van der Waals surface area contributed by atoms with E-state index in [9.17, 15) is 9.59 Å². The van der Waals surface area contributed by atoms with Gasteiger partial charge in [-0.3, -0.25) is 9.59 Å². The zero-order valence-corrected chi connectivity index (χ0v) is 14.5. The van der Waals surface area contributed by atoms with E-state index in [4.69, 9.17) is 0 Å². The fourth-order valence-electron chi connectivity index (χ4n) is 4.00. The van der Waals surface area contributed by atoms with Crippen LogP contribution in [0.25, 0.3) is 0 Å². The van der Waals surface area contributed by atoms with Gasteiger partial charge in [0.1, 0.15) is 6.04 Å². The number of hydrogen-bond donors (Lipinski definition) is 1. The van der Waals surface area contributed by atoms with E-state index in [0.29, 0.717) is 5.92 Å². The monoisotopic (exact) mass is 328 g/mol. The quantitative estimate of drug-likeness (QED) is 0.901. The Hall–Kier alpha value is -1.84. The standard InChI is InChI=1S/C20H28N2O2/c1-15(16-9-5-6-10-16)19(23)21-18(17-11-3-2-4-12-17)20(24)22-13-7-8-14-22/h2-4,11-12,15-16,18H,5-10,13-14H2,1H3,(H,21,23)/t15?,18-/m0/s1. The van der Waals surface area contributed by atoms with Crippen LogP contribution in [0.4, 0.5) is 0 Å². The molecule has 1 N–H and O–H groups in total. The zero-order chi connectivity index (χ0) is 16.9. The topological polar surface area (TPSA) is 49.4 Å². The van der Waals surface area contributed by atoms with Gasteiger partial charge in [-0.2, -0.15) is 0 Å². The van der Waals surface area contributed by atoms with Crippen molar-refractivity contribution >= 4 is 11.8 Å². The SMILES string of the molecule is CC(C(=O)N[C@H](C(=O)N1CCCC1)c1ccccc1)C1CCCC1. The molecule has 2 fully saturated rings. The predicted molar refractivity (Wildman–Crippen MR) is 94.3 cm³/mol. The van der Waals surface area contributed by atoms with E-state index >= 15 is 0 Å².